The highest BCUT2D eigenvalue weighted by Gasteiger charge is 2.36. The van der Waals surface area contributed by atoms with Crippen LogP contribution in [0.5, 0.6) is 0 Å². The molecule has 1 aliphatic heterocycles. The predicted octanol–water partition coefficient (Wildman–Crippen LogP) is 2.71. The third kappa shape index (κ3) is 3.65. The highest BCUT2D eigenvalue weighted by atomic mass is 32.2. The van der Waals surface area contributed by atoms with E-state index in [0.717, 1.165) is 29.8 Å². The Hall–Kier alpha value is -2.15. The van der Waals surface area contributed by atoms with Crippen LogP contribution in [0.1, 0.15) is 53.8 Å². The number of rotatable bonds is 5. The van der Waals surface area contributed by atoms with Gasteiger partial charge in [-0.15, -0.1) is 0 Å². The Labute approximate surface area is 160 Å². The Morgan fingerprint density at radius 2 is 2.04 bits per heavy atom. The molecule has 1 atom stereocenters. The molecule has 1 saturated heterocycles. The van der Waals surface area contributed by atoms with Gasteiger partial charge in [-0.2, -0.15) is 5.10 Å². The van der Waals surface area contributed by atoms with E-state index in [4.69, 9.17) is 0 Å². The van der Waals surface area contributed by atoms with Crippen LogP contribution in [-0.2, 0) is 9.84 Å². The molecule has 1 aromatic heterocycles. The zero-order valence-corrected chi connectivity index (χ0v) is 16.6. The van der Waals surface area contributed by atoms with Crippen molar-refractivity contribution in [1.29, 1.82) is 0 Å². The number of amides is 1. The molecule has 2 aliphatic rings. The van der Waals surface area contributed by atoms with Crippen molar-refractivity contribution in [2.45, 2.75) is 45.1 Å². The third-order valence-electron chi connectivity index (χ3n) is 5.45. The van der Waals surface area contributed by atoms with Gasteiger partial charge in [0, 0.05) is 24.2 Å². The third-order valence-corrected chi connectivity index (χ3v) is 7.20. The standard InChI is InChI=1S/C20H25N3O3S/c1-3-22(17-9-10-27(25,26)13-17)20(24)18-12-19(15-7-8-15)23(21-18)16-6-4-5-14(2)11-16/h4-6,11-12,15,17H,3,7-10,13H2,1-2H3. The number of carbonyl (C=O) groups is 1. The molecule has 0 bridgehead atoms. The second kappa shape index (κ2) is 6.78. The van der Waals surface area contributed by atoms with Gasteiger partial charge < -0.3 is 4.90 Å². The van der Waals surface area contributed by atoms with Crippen LogP contribution in [0.25, 0.3) is 5.69 Å². The number of hydrogen-bond donors (Lipinski definition) is 0. The van der Waals surface area contributed by atoms with Gasteiger partial charge in [0.05, 0.1) is 17.2 Å². The van der Waals surface area contributed by atoms with Crippen molar-refractivity contribution in [2.24, 2.45) is 0 Å². The molecule has 0 N–H and O–H groups in total. The molecule has 0 spiro atoms. The molecule has 2 fully saturated rings. The van der Waals surface area contributed by atoms with Gasteiger partial charge in [0.25, 0.3) is 5.91 Å². The maximum absolute atomic E-state index is 13.1. The monoisotopic (exact) mass is 387 g/mol. The Balaban J connectivity index is 1.67. The van der Waals surface area contributed by atoms with Crippen LogP contribution in [0.4, 0.5) is 0 Å². The van der Waals surface area contributed by atoms with E-state index in [2.05, 4.69) is 11.2 Å². The van der Waals surface area contributed by atoms with Crippen molar-refractivity contribution in [3.05, 3.63) is 47.3 Å². The average Bonchev–Trinajstić information content (AvgIpc) is 3.27. The minimum atomic E-state index is -3.04. The molecule has 2 heterocycles. The Bertz CT molecular complexity index is 976. The van der Waals surface area contributed by atoms with Gasteiger partial charge in [0.15, 0.2) is 15.5 Å². The summed E-state index contributed by atoms with van der Waals surface area (Å²) in [7, 11) is -3.04. The fourth-order valence-electron chi connectivity index (χ4n) is 3.87. The SMILES string of the molecule is CCN(C(=O)c1cc(C2CC2)n(-c2cccc(C)c2)n1)C1CCS(=O)(=O)C1. The maximum atomic E-state index is 13.1. The maximum Gasteiger partial charge on any atom is 0.274 e. The van der Waals surface area contributed by atoms with E-state index in [9.17, 15) is 13.2 Å². The highest BCUT2D eigenvalue weighted by molar-refractivity contribution is 7.91. The Morgan fingerprint density at radius 3 is 2.63 bits per heavy atom. The van der Waals surface area contributed by atoms with Gasteiger partial charge >= 0.3 is 0 Å². The van der Waals surface area contributed by atoms with E-state index < -0.39 is 9.84 Å². The minimum Gasteiger partial charge on any atom is -0.333 e. The molecular formula is C20H25N3O3S. The zero-order chi connectivity index (χ0) is 19.2. The summed E-state index contributed by atoms with van der Waals surface area (Å²) in [6, 6.07) is 9.74. The van der Waals surface area contributed by atoms with E-state index in [1.807, 2.05) is 42.8 Å². The smallest absolute Gasteiger partial charge is 0.274 e. The zero-order valence-electron chi connectivity index (χ0n) is 15.8. The van der Waals surface area contributed by atoms with Crippen LogP contribution >= 0.6 is 0 Å². The van der Waals surface area contributed by atoms with Crippen LogP contribution in [0.2, 0.25) is 0 Å². The number of nitrogens with zero attached hydrogens (tertiary/aromatic N) is 3. The first-order valence-electron chi connectivity index (χ1n) is 9.56. The number of benzene rings is 1. The molecule has 1 unspecified atom stereocenters. The largest absolute Gasteiger partial charge is 0.333 e. The summed E-state index contributed by atoms with van der Waals surface area (Å²) >= 11 is 0. The van der Waals surface area contributed by atoms with Gasteiger partial charge in [-0.25, -0.2) is 13.1 Å². The van der Waals surface area contributed by atoms with Crippen LogP contribution in [0.3, 0.4) is 0 Å². The van der Waals surface area contributed by atoms with E-state index in [0.29, 0.717) is 24.6 Å². The fourth-order valence-corrected chi connectivity index (χ4v) is 5.60. The molecule has 1 aliphatic carbocycles. The van der Waals surface area contributed by atoms with Crippen molar-refractivity contribution in [2.75, 3.05) is 18.1 Å². The van der Waals surface area contributed by atoms with Crippen LogP contribution < -0.4 is 0 Å². The summed E-state index contributed by atoms with van der Waals surface area (Å²) in [5.41, 5.74) is 3.58. The topological polar surface area (TPSA) is 72.3 Å². The Morgan fingerprint density at radius 1 is 1.26 bits per heavy atom. The predicted molar refractivity (Wildman–Crippen MR) is 104 cm³/mol. The molecule has 1 saturated carbocycles. The summed E-state index contributed by atoms with van der Waals surface area (Å²) < 4.78 is 25.6. The second-order valence-corrected chi connectivity index (χ2v) is 9.86. The summed E-state index contributed by atoms with van der Waals surface area (Å²) in [6.45, 7) is 4.41. The molecule has 4 rings (SSSR count). The molecular weight excluding hydrogens is 362 g/mol. The molecule has 7 heteroatoms. The fraction of sp³-hybridized carbons (Fsp3) is 0.500. The van der Waals surface area contributed by atoms with E-state index in [1.165, 1.54) is 0 Å². The average molecular weight is 388 g/mol. The van der Waals surface area contributed by atoms with E-state index in [1.54, 1.807) is 4.90 Å². The lowest BCUT2D eigenvalue weighted by Crippen LogP contribution is -2.41. The normalized spacial score (nSPS) is 21.3. The molecule has 144 valence electrons. The van der Waals surface area contributed by atoms with Crippen LogP contribution in [0, 0.1) is 6.92 Å². The van der Waals surface area contributed by atoms with Crippen molar-refractivity contribution in [3.63, 3.8) is 0 Å². The van der Waals surface area contributed by atoms with Crippen LogP contribution in [0.15, 0.2) is 30.3 Å². The minimum absolute atomic E-state index is 0.0562. The van der Waals surface area contributed by atoms with E-state index >= 15 is 0 Å². The van der Waals surface area contributed by atoms with Gasteiger partial charge in [-0.3, -0.25) is 4.79 Å². The molecule has 1 amide bonds. The summed E-state index contributed by atoms with van der Waals surface area (Å²) in [5, 5.41) is 4.64. The van der Waals surface area contributed by atoms with Crippen LogP contribution in [-0.4, -0.2) is 53.1 Å². The second-order valence-electron chi connectivity index (χ2n) is 7.63. The molecule has 2 aromatic rings. The van der Waals surface area contributed by atoms with Crippen molar-refractivity contribution in [1.82, 2.24) is 14.7 Å². The number of sulfone groups is 1. The molecule has 1 aromatic carbocycles. The van der Waals surface area contributed by atoms with E-state index in [-0.39, 0.29) is 23.5 Å². The van der Waals surface area contributed by atoms with Crippen molar-refractivity contribution < 1.29 is 13.2 Å². The highest BCUT2D eigenvalue weighted by Crippen LogP contribution is 2.41. The lowest BCUT2D eigenvalue weighted by atomic mass is 10.2. The van der Waals surface area contributed by atoms with Gasteiger partial charge in [0.2, 0.25) is 0 Å². The summed E-state index contributed by atoms with van der Waals surface area (Å²) in [5.74, 6) is 0.488. The van der Waals surface area contributed by atoms with Crippen molar-refractivity contribution >= 4 is 15.7 Å². The van der Waals surface area contributed by atoms with Gasteiger partial charge in [0.1, 0.15) is 0 Å². The summed E-state index contributed by atoms with van der Waals surface area (Å²) in [6.07, 6.45) is 2.74. The van der Waals surface area contributed by atoms with Crippen molar-refractivity contribution in [3.8, 4) is 5.69 Å². The summed E-state index contributed by atoms with van der Waals surface area (Å²) in [4.78, 5) is 14.8. The number of hydrogen-bond acceptors (Lipinski definition) is 4. The quantitative estimate of drug-likeness (QED) is 0.791. The first kappa shape index (κ1) is 18.2. The number of aryl methyl sites for hydroxylation is 1. The van der Waals surface area contributed by atoms with Gasteiger partial charge in [-0.1, -0.05) is 12.1 Å². The number of carbonyl (C=O) groups excluding carboxylic acids is 1. The lowest BCUT2D eigenvalue weighted by Gasteiger charge is -2.25. The molecule has 6 nitrogen and oxygen atoms in total. The first-order chi connectivity index (χ1) is 12.9. The lowest BCUT2D eigenvalue weighted by molar-refractivity contribution is 0.0702. The van der Waals surface area contributed by atoms with Gasteiger partial charge in [-0.05, 0) is 56.9 Å². The first-order valence-corrected chi connectivity index (χ1v) is 11.4. The Kier molecular flexibility index (Phi) is 4.58. The molecule has 0 radical (unpaired) electrons. The molecule has 27 heavy (non-hydrogen) atoms. The number of aromatic nitrogens is 2.